The molecule has 1 aromatic carbocycles. The maximum atomic E-state index is 12.1. The van der Waals surface area contributed by atoms with Gasteiger partial charge < -0.3 is 9.72 Å². The quantitative estimate of drug-likeness (QED) is 0.795. The number of hydrogen-bond donors (Lipinski definition) is 1. The SMILES string of the molecule is Cc1nc(C2(c3ccccc3)CCOCC2)[nH]c(=O)c1I. The fraction of sp³-hybridized carbons (Fsp3) is 0.375. The Kier molecular flexibility index (Phi) is 4.12. The summed E-state index contributed by atoms with van der Waals surface area (Å²) in [5.74, 6) is 0.764. The first-order valence-corrected chi connectivity index (χ1v) is 8.11. The van der Waals surface area contributed by atoms with E-state index in [4.69, 9.17) is 4.74 Å². The molecule has 4 nitrogen and oxygen atoms in total. The van der Waals surface area contributed by atoms with Gasteiger partial charge in [0, 0.05) is 13.2 Å². The van der Waals surface area contributed by atoms with E-state index in [0.717, 1.165) is 24.4 Å². The first-order valence-electron chi connectivity index (χ1n) is 7.04. The molecule has 0 bridgehead atoms. The average molecular weight is 396 g/mol. The highest BCUT2D eigenvalue weighted by Crippen LogP contribution is 2.39. The molecule has 0 spiro atoms. The van der Waals surface area contributed by atoms with Crippen LogP contribution in [0, 0.1) is 10.5 Å². The van der Waals surface area contributed by atoms with Gasteiger partial charge in [-0.15, -0.1) is 0 Å². The zero-order valence-corrected chi connectivity index (χ0v) is 14.0. The third kappa shape index (κ3) is 2.64. The van der Waals surface area contributed by atoms with E-state index in [1.807, 2.05) is 47.7 Å². The predicted octanol–water partition coefficient (Wildman–Crippen LogP) is 2.78. The summed E-state index contributed by atoms with van der Waals surface area (Å²) >= 11 is 2.04. The van der Waals surface area contributed by atoms with Crippen LogP contribution in [-0.2, 0) is 10.2 Å². The van der Waals surface area contributed by atoms with E-state index in [1.165, 1.54) is 5.56 Å². The molecule has 1 aromatic heterocycles. The Morgan fingerprint density at radius 1 is 1.24 bits per heavy atom. The number of nitrogens with zero attached hydrogens (tertiary/aromatic N) is 1. The van der Waals surface area contributed by atoms with Crippen LogP contribution in [0.2, 0.25) is 0 Å². The third-order valence-corrected chi connectivity index (χ3v) is 5.42. The van der Waals surface area contributed by atoms with Gasteiger partial charge in [-0.05, 0) is 47.9 Å². The Bertz CT molecular complexity index is 691. The summed E-state index contributed by atoms with van der Waals surface area (Å²) in [5.41, 5.74) is 1.67. The van der Waals surface area contributed by atoms with Crippen molar-refractivity contribution in [3.63, 3.8) is 0 Å². The number of ether oxygens (including phenoxy) is 1. The lowest BCUT2D eigenvalue weighted by molar-refractivity contribution is 0.0603. The van der Waals surface area contributed by atoms with Gasteiger partial charge >= 0.3 is 0 Å². The topological polar surface area (TPSA) is 55.0 Å². The van der Waals surface area contributed by atoms with E-state index in [1.54, 1.807) is 0 Å². The van der Waals surface area contributed by atoms with Crippen LogP contribution in [0.5, 0.6) is 0 Å². The standard InChI is InChI=1S/C16H17IN2O2/c1-11-13(17)14(20)19-15(18-11)16(7-9-21-10-8-16)12-5-3-2-4-6-12/h2-6H,7-10H2,1H3,(H,18,19,20). The molecule has 0 atom stereocenters. The summed E-state index contributed by atoms with van der Waals surface area (Å²) in [5, 5.41) is 0. The number of H-pyrrole nitrogens is 1. The highest BCUT2D eigenvalue weighted by atomic mass is 127. The minimum atomic E-state index is -0.256. The second-order valence-electron chi connectivity index (χ2n) is 5.37. The monoisotopic (exact) mass is 396 g/mol. The van der Waals surface area contributed by atoms with Crippen LogP contribution >= 0.6 is 22.6 Å². The molecule has 1 N–H and O–H groups in total. The van der Waals surface area contributed by atoms with Crippen LogP contribution in [0.15, 0.2) is 35.1 Å². The average Bonchev–Trinajstić information content (AvgIpc) is 2.53. The van der Waals surface area contributed by atoms with Crippen LogP contribution in [0.1, 0.15) is 29.9 Å². The molecule has 1 saturated heterocycles. The van der Waals surface area contributed by atoms with E-state index in [0.29, 0.717) is 16.8 Å². The Hall–Kier alpha value is -1.21. The summed E-state index contributed by atoms with van der Waals surface area (Å²) in [6.07, 6.45) is 1.67. The molecule has 0 saturated carbocycles. The lowest BCUT2D eigenvalue weighted by Crippen LogP contribution is -2.38. The normalized spacial score (nSPS) is 17.6. The molecular weight excluding hydrogens is 379 g/mol. The molecule has 21 heavy (non-hydrogen) atoms. The first-order chi connectivity index (χ1) is 10.1. The number of nitrogens with one attached hydrogen (secondary N) is 1. The Balaban J connectivity index is 2.19. The van der Waals surface area contributed by atoms with Crippen LogP contribution in [0.3, 0.4) is 0 Å². The van der Waals surface area contributed by atoms with Gasteiger partial charge in [0.25, 0.3) is 5.56 Å². The van der Waals surface area contributed by atoms with E-state index in [-0.39, 0.29) is 11.0 Å². The molecule has 0 aliphatic carbocycles. The maximum absolute atomic E-state index is 12.1. The van der Waals surface area contributed by atoms with E-state index >= 15 is 0 Å². The molecule has 1 fully saturated rings. The largest absolute Gasteiger partial charge is 0.381 e. The minimum Gasteiger partial charge on any atom is -0.381 e. The molecular formula is C16H17IN2O2. The van der Waals surface area contributed by atoms with Crippen LogP contribution in [0.4, 0.5) is 0 Å². The van der Waals surface area contributed by atoms with Crippen molar-refractivity contribution in [2.75, 3.05) is 13.2 Å². The van der Waals surface area contributed by atoms with Crippen molar-refractivity contribution in [1.29, 1.82) is 0 Å². The molecule has 2 aromatic rings. The van der Waals surface area contributed by atoms with Crippen LogP contribution < -0.4 is 5.56 Å². The lowest BCUT2D eigenvalue weighted by Gasteiger charge is -2.36. The second kappa shape index (κ2) is 5.88. The first kappa shape index (κ1) is 14.7. The Morgan fingerprint density at radius 3 is 2.52 bits per heavy atom. The van der Waals surface area contributed by atoms with Gasteiger partial charge in [0.05, 0.1) is 14.7 Å². The number of halogens is 1. The van der Waals surface area contributed by atoms with E-state index in [2.05, 4.69) is 22.1 Å². The smallest absolute Gasteiger partial charge is 0.264 e. The minimum absolute atomic E-state index is 0.0557. The van der Waals surface area contributed by atoms with Crippen molar-refractivity contribution >= 4 is 22.6 Å². The Labute approximate surface area is 137 Å². The van der Waals surface area contributed by atoms with Crippen molar-refractivity contribution in [2.24, 2.45) is 0 Å². The van der Waals surface area contributed by atoms with Gasteiger partial charge in [-0.3, -0.25) is 4.79 Å². The molecule has 1 aliphatic rings. The van der Waals surface area contributed by atoms with Crippen molar-refractivity contribution in [3.05, 3.63) is 61.3 Å². The van der Waals surface area contributed by atoms with Crippen molar-refractivity contribution < 1.29 is 4.74 Å². The molecule has 3 rings (SSSR count). The fourth-order valence-electron chi connectivity index (χ4n) is 2.94. The number of benzene rings is 1. The van der Waals surface area contributed by atoms with Gasteiger partial charge in [0.2, 0.25) is 0 Å². The number of hydrogen-bond acceptors (Lipinski definition) is 3. The number of aryl methyl sites for hydroxylation is 1. The molecule has 2 heterocycles. The summed E-state index contributed by atoms with van der Waals surface area (Å²) in [6, 6.07) is 10.3. The summed E-state index contributed by atoms with van der Waals surface area (Å²) < 4.78 is 6.19. The fourth-order valence-corrected chi connectivity index (χ4v) is 3.19. The molecule has 0 radical (unpaired) electrons. The second-order valence-corrected chi connectivity index (χ2v) is 6.45. The molecule has 5 heteroatoms. The zero-order chi connectivity index (χ0) is 14.9. The highest BCUT2D eigenvalue weighted by Gasteiger charge is 2.38. The molecule has 0 unspecified atom stereocenters. The van der Waals surface area contributed by atoms with Crippen molar-refractivity contribution in [1.82, 2.24) is 9.97 Å². The lowest BCUT2D eigenvalue weighted by atomic mass is 9.73. The van der Waals surface area contributed by atoms with E-state index < -0.39 is 0 Å². The predicted molar refractivity (Wildman–Crippen MR) is 89.6 cm³/mol. The third-order valence-electron chi connectivity index (χ3n) is 4.15. The maximum Gasteiger partial charge on any atom is 0.264 e. The Morgan fingerprint density at radius 2 is 1.90 bits per heavy atom. The van der Waals surface area contributed by atoms with Crippen molar-refractivity contribution in [2.45, 2.75) is 25.2 Å². The van der Waals surface area contributed by atoms with Gasteiger partial charge in [-0.25, -0.2) is 4.98 Å². The summed E-state index contributed by atoms with van der Waals surface area (Å²) in [7, 11) is 0. The number of aromatic nitrogens is 2. The van der Waals surface area contributed by atoms with E-state index in [9.17, 15) is 4.79 Å². The number of rotatable bonds is 2. The molecule has 1 aliphatic heterocycles. The van der Waals surface area contributed by atoms with Crippen molar-refractivity contribution in [3.8, 4) is 0 Å². The van der Waals surface area contributed by atoms with Gasteiger partial charge in [-0.1, -0.05) is 30.3 Å². The molecule has 110 valence electrons. The zero-order valence-electron chi connectivity index (χ0n) is 11.9. The summed E-state index contributed by atoms with van der Waals surface area (Å²) in [6.45, 7) is 3.26. The van der Waals surface area contributed by atoms with Gasteiger partial charge in [0.1, 0.15) is 5.82 Å². The van der Waals surface area contributed by atoms with Gasteiger partial charge in [-0.2, -0.15) is 0 Å². The van der Waals surface area contributed by atoms with Crippen LogP contribution in [-0.4, -0.2) is 23.2 Å². The highest BCUT2D eigenvalue weighted by molar-refractivity contribution is 14.1. The number of aromatic amines is 1. The summed E-state index contributed by atoms with van der Waals surface area (Å²) in [4.78, 5) is 19.8. The van der Waals surface area contributed by atoms with Gasteiger partial charge in [0.15, 0.2) is 0 Å². The van der Waals surface area contributed by atoms with Crippen LogP contribution in [0.25, 0.3) is 0 Å². The molecule has 0 amide bonds.